The Hall–Kier alpha value is -1.92. The Morgan fingerprint density at radius 3 is 2.83 bits per heavy atom. The molecule has 0 aromatic carbocycles. The maximum absolute atomic E-state index is 11.1. The summed E-state index contributed by atoms with van der Waals surface area (Å²) in [5.41, 5.74) is 5.40. The van der Waals surface area contributed by atoms with Gasteiger partial charge in [0.15, 0.2) is 0 Å². The smallest absolute Gasteiger partial charge is 0.353 e. The molecule has 2 unspecified atom stereocenters. The summed E-state index contributed by atoms with van der Waals surface area (Å²) < 4.78 is 0. The van der Waals surface area contributed by atoms with E-state index in [2.05, 4.69) is 23.8 Å². The van der Waals surface area contributed by atoms with Crippen LogP contribution in [0.5, 0.6) is 0 Å². The summed E-state index contributed by atoms with van der Waals surface area (Å²) in [5, 5.41) is 11.1. The molecule has 0 spiro atoms. The van der Waals surface area contributed by atoms with Crippen LogP contribution in [-0.2, 0) is 0 Å². The van der Waals surface area contributed by atoms with Crippen LogP contribution in [0, 0.1) is 16.0 Å². The van der Waals surface area contributed by atoms with E-state index in [9.17, 15) is 10.1 Å². The van der Waals surface area contributed by atoms with Crippen LogP contribution < -0.4 is 10.6 Å². The molecule has 1 aliphatic rings. The molecular formula is C11H17N5O2. The van der Waals surface area contributed by atoms with Crippen LogP contribution >= 0.6 is 0 Å². The average Bonchev–Trinajstić information content (AvgIpc) is 2.28. The molecule has 1 saturated heterocycles. The lowest BCUT2D eigenvalue weighted by Crippen LogP contribution is -2.41. The van der Waals surface area contributed by atoms with Gasteiger partial charge in [-0.3, -0.25) is 10.1 Å². The molecule has 1 aliphatic heterocycles. The van der Waals surface area contributed by atoms with Crippen molar-refractivity contribution in [3.63, 3.8) is 0 Å². The van der Waals surface area contributed by atoms with E-state index < -0.39 is 4.92 Å². The Kier molecular flexibility index (Phi) is 3.31. The minimum absolute atomic E-state index is 0.0733. The Labute approximate surface area is 105 Å². The highest BCUT2D eigenvalue weighted by Crippen LogP contribution is 2.34. The number of hydrogen-bond acceptors (Lipinski definition) is 6. The predicted molar refractivity (Wildman–Crippen MR) is 68.3 cm³/mol. The van der Waals surface area contributed by atoms with Gasteiger partial charge in [-0.15, -0.1) is 0 Å². The van der Waals surface area contributed by atoms with Crippen molar-refractivity contribution < 1.29 is 4.92 Å². The van der Waals surface area contributed by atoms with Gasteiger partial charge in [0.2, 0.25) is 11.6 Å². The van der Waals surface area contributed by atoms with Gasteiger partial charge in [0.05, 0.1) is 4.92 Å². The highest BCUT2D eigenvalue weighted by molar-refractivity contribution is 5.68. The van der Waals surface area contributed by atoms with Gasteiger partial charge in [-0.25, -0.2) is 9.97 Å². The minimum Gasteiger partial charge on any atom is -0.378 e. The zero-order valence-electron chi connectivity index (χ0n) is 10.5. The standard InChI is InChI=1S/C11H17N5O2/c1-7-3-4-15(8(2)5-7)11-9(16(17)18)10(12)13-6-14-11/h6-8H,3-5H2,1-2H3,(H2,12,13,14). The van der Waals surface area contributed by atoms with Crippen molar-refractivity contribution in [1.82, 2.24) is 9.97 Å². The second kappa shape index (κ2) is 4.75. The molecule has 0 amide bonds. The Balaban J connectivity index is 2.39. The number of aromatic nitrogens is 2. The predicted octanol–water partition coefficient (Wildman–Crippen LogP) is 1.59. The molecule has 2 atom stereocenters. The van der Waals surface area contributed by atoms with E-state index in [1.807, 2.05) is 4.90 Å². The first-order valence-electron chi connectivity index (χ1n) is 6.02. The van der Waals surface area contributed by atoms with Gasteiger partial charge in [0, 0.05) is 12.6 Å². The van der Waals surface area contributed by atoms with E-state index in [4.69, 9.17) is 5.73 Å². The minimum atomic E-state index is -0.505. The molecule has 1 aromatic heterocycles. The van der Waals surface area contributed by atoms with E-state index in [1.54, 1.807) is 0 Å². The third-order valence-corrected chi connectivity index (χ3v) is 3.42. The van der Waals surface area contributed by atoms with Crippen molar-refractivity contribution in [3.05, 3.63) is 16.4 Å². The van der Waals surface area contributed by atoms with Crippen LogP contribution in [0.1, 0.15) is 26.7 Å². The van der Waals surface area contributed by atoms with Gasteiger partial charge < -0.3 is 10.6 Å². The van der Waals surface area contributed by atoms with E-state index in [0.717, 1.165) is 19.4 Å². The zero-order chi connectivity index (χ0) is 13.3. The topological polar surface area (TPSA) is 98.2 Å². The van der Waals surface area contributed by atoms with Crippen molar-refractivity contribution in [2.24, 2.45) is 5.92 Å². The summed E-state index contributed by atoms with van der Waals surface area (Å²) in [6.07, 6.45) is 3.29. The summed E-state index contributed by atoms with van der Waals surface area (Å²) in [6.45, 7) is 5.01. The number of rotatable bonds is 2. The number of nitrogen functional groups attached to an aromatic ring is 1. The SMILES string of the molecule is CC1CCN(c2ncnc(N)c2[N+](=O)[O-])C(C)C1. The summed E-state index contributed by atoms with van der Waals surface area (Å²) in [7, 11) is 0. The molecule has 2 heterocycles. The van der Waals surface area contributed by atoms with Crippen LogP contribution in [0.2, 0.25) is 0 Å². The fourth-order valence-electron chi connectivity index (χ4n) is 2.49. The van der Waals surface area contributed by atoms with E-state index >= 15 is 0 Å². The lowest BCUT2D eigenvalue weighted by molar-refractivity contribution is -0.383. The molecule has 18 heavy (non-hydrogen) atoms. The van der Waals surface area contributed by atoms with Crippen LogP contribution in [0.25, 0.3) is 0 Å². The number of hydrogen-bond donors (Lipinski definition) is 1. The normalized spacial score (nSPS) is 24.0. The van der Waals surface area contributed by atoms with Gasteiger partial charge >= 0.3 is 5.69 Å². The second-order valence-electron chi connectivity index (χ2n) is 4.86. The number of nitrogens with zero attached hydrogens (tertiary/aromatic N) is 4. The molecule has 2 rings (SSSR count). The van der Waals surface area contributed by atoms with Crippen LogP contribution in [0.3, 0.4) is 0 Å². The largest absolute Gasteiger partial charge is 0.378 e. The van der Waals surface area contributed by atoms with Crippen LogP contribution in [0.4, 0.5) is 17.3 Å². The van der Waals surface area contributed by atoms with Crippen molar-refractivity contribution in [2.45, 2.75) is 32.7 Å². The average molecular weight is 251 g/mol. The molecule has 1 aromatic rings. The fourth-order valence-corrected chi connectivity index (χ4v) is 2.49. The number of anilines is 2. The molecule has 0 radical (unpaired) electrons. The van der Waals surface area contributed by atoms with Gasteiger partial charge in [-0.2, -0.15) is 0 Å². The van der Waals surface area contributed by atoms with Crippen LogP contribution in [-0.4, -0.2) is 27.5 Å². The first-order chi connectivity index (χ1) is 8.50. The summed E-state index contributed by atoms with van der Waals surface area (Å²) in [4.78, 5) is 20.3. The first kappa shape index (κ1) is 12.5. The van der Waals surface area contributed by atoms with Crippen molar-refractivity contribution >= 4 is 17.3 Å². The van der Waals surface area contributed by atoms with Crippen molar-refractivity contribution in [3.8, 4) is 0 Å². The zero-order valence-corrected chi connectivity index (χ0v) is 10.5. The lowest BCUT2D eigenvalue weighted by atomic mass is 9.93. The summed E-state index contributed by atoms with van der Waals surface area (Å²) >= 11 is 0. The lowest BCUT2D eigenvalue weighted by Gasteiger charge is -2.36. The third-order valence-electron chi connectivity index (χ3n) is 3.42. The quantitative estimate of drug-likeness (QED) is 0.633. The monoisotopic (exact) mass is 251 g/mol. The molecule has 98 valence electrons. The number of nitro groups is 1. The highest BCUT2D eigenvalue weighted by Gasteiger charge is 2.31. The molecule has 0 bridgehead atoms. The van der Waals surface area contributed by atoms with Crippen molar-refractivity contribution in [2.75, 3.05) is 17.2 Å². The molecule has 0 saturated carbocycles. The van der Waals surface area contributed by atoms with Gasteiger partial charge in [-0.1, -0.05) is 6.92 Å². The fraction of sp³-hybridized carbons (Fsp3) is 0.636. The molecule has 7 heteroatoms. The Bertz CT molecular complexity index is 465. The van der Waals surface area contributed by atoms with E-state index in [-0.39, 0.29) is 17.5 Å². The van der Waals surface area contributed by atoms with Crippen LogP contribution in [0.15, 0.2) is 6.33 Å². The molecule has 1 fully saturated rings. The Morgan fingerprint density at radius 2 is 2.22 bits per heavy atom. The Morgan fingerprint density at radius 1 is 1.50 bits per heavy atom. The molecular weight excluding hydrogens is 234 g/mol. The number of piperidine rings is 1. The van der Waals surface area contributed by atoms with Gasteiger partial charge in [0.25, 0.3) is 0 Å². The number of nitrogens with two attached hydrogens (primary N) is 1. The molecule has 2 N–H and O–H groups in total. The molecule has 0 aliphatic carbocycles. The van der Waals surface area contributed by atoms with Crippen molar-refractivity contribution in [1.29, 1.82) is 0 Å². The summed E-state index contributed by atoms with van der Waals surface area (Å²) in [5.74, 6) is 0.900. The first-order valence-corrected chi connectivity index (χ1v) is 6.02. The maximum atomic E-state index is 11.1. The van der Waals surface area contributed by atoms with Gasteiger partial charge in [0.1, 0.15) is 6.33 Å². The second-order valence-corrected chi connectivity index (χ2v) is 4.86. The molecule has 7 nitrogen and oxygen atoms in total. The maximum Gasteiger partial charge on any atom is 0.353 e. The van der Waals surface area contributed by atoms with E-state index in [1.165, 1.54) is 6.33 Å². The van der Waals surface area contributed by atoms with E-state index in [0.29, 0.717) is 11.7 Å². The van der Waals surface area contributed by atoms with Gasteiger partial charge in [-0.05, 0) is 25.7 Å². The highest BCUT2D eigenvalue weighted by atomic mass is 16.6. The summed E-state index contributed by atoms with van der Waals surface area (Å²) in [6, 6.07) is 0.224. The third kappa shape index (κ3) is 2.20.